The molecule has 1 aliphatic rings. The number of aromatic carboxylic acids is 1. The van der Waals surface area contributed by atoms with Crippen molar-refractivity contribution in [3.05, 3.63) is 46.2 Å². The summed E-state index contributed by atoms with van der Waals surface area (Å²) in [5.41, 5.74) is 1.23. The number of amides is 1. The van der Waals surface area contributed by atoms with Gasteiger partial charge < -0.3 is 20.1 Å². The average Bonchev–Trinajstić information content (AvgIpc) is 3.08. The van der Waals surface area contributed by atoms with Gasteiger partial charge in [-0.15, -0.1) is 11.3 Å². The van der Waals surface area contributed by atoms with Crippen molar-refractivity contribution in [2.45, 2.75) is 20.3 Å². The third-order valence-corrected chi connectivity index (χ3v) is 5.30. The third kappa shape index (κ3) is 4.02. The Labute approximate surface area is 151 Å². The van der Waals surface area contributed by atoms with Gasteiger partial charge in [-0.25, -0.2) is 0 Å². The van der Waals surface area contributed by atoms with Crippen molar-refractivity contribution in [2.75, 3.05) is 23.3 Å². The minimum atomic E-state index is -1.23. The Morgan fingerprint density at radius 2 is 1.92 bits per heavy atom. The highest BCUT2D eigenvalue weighted by molar-refractivity contribution is 7.12. The molecule has 5 nitrogen and oxygen atoms in total. The fraction of sp³-hybridized carbons (Fsp3) is 0.368. The number of rotatable bonds is 4. The molecule has 6 heteroatoms. The van der Waals surface area contributed by atoms with Crippen LogP contribution in [0.2, 0.25) is 0 Å². The largest absolute Gasteiger partial charge is 0.545 e. The molecule has 2 heterocycles. The maximum atomic E-state index is 12.2. The lowest BCUT2D eigenvalue weighted by Crippen LogP contribution is -2.40. The fourth-order valence-corrected chi connectivity index (χ4v) is 4.13. The van der Waals surface area contributed by atoms with Crippen molar-refractivity contribution < 1.29 is 14.7 Å². The summed E-state index contributed by atoms with van der Waals surface area (Å²) in [6, 6.07) is 8.52. The van der Waals surface area contributed by atoms with Gasteiger partial charge in [0.2, 0.25) is 0 Å². The van der Waals surface area contributed by atoms with Crippen molar-refractivity contribution in [1.82, 2.24) is 0 Å². The summed E-state index contributed by atoms with van der Waals surface area (Å²) in [7, 11) is 0. The standard InChI is InChI=1S/C19H22N2O3S/c1-12-8-13(2)11-21(10-12)16-6-5-14(9-15(16)19(23)24)20-18(22)17-4-3-7-25-17/h3-7,9,12-13H,8,10-11H2,1-2H3,(H,20,22)(H,23,24)/p-1/t12-,13+. The molecule has 1 N–H and O–H groups in total. The van der Waals surface area contributed by atoms with E-state index in [2.05, 4.69) is 24.1 Å². The lowest BCUT2D eigenvalue weighted by molar-refractivity contribution is -0.254. The predicted molar refractivity (Wildman–Crippen MR) is 98.2 cm³/mol. The number of nitrogens with one attached hydrogen (secondary N) is 1. The molecule has 2 atom stereocenters. The number of carbonyl (C=O) groups excluding carboxylic acids is 2. The molecule has 1 aromatic carbocycles. The van der Waals surface area contributed by atoms with Crippen LogP contribution in [0.4, 0.5) is 11.4 Å². The monoisotopic (exact) mass is 357 g/mol. The minimum absolute atomic E-state index is 0.116. The summed E-state index contributed by atoms with van der Waals surface area (Å²) in [4.78, 5) is 26.5. The molecule has 132 valence electrons. The van der Waals surface area contributed by atoms with Gasteiger partial charge in [-0.05, 0) is 47.9 Å². The van der Waals surface area contributed by atoms with Crippen LogP contribution in [0.3, 0.4) is 0 Å². The van der Waals surface area contributed by atoms with Crippen LogP contribution in [0.15, 0.2) is 35.7 Å². The van der Waals surface area contributed by atoms with Crippen LogP contribution in [0, 0.1) is 11.8 Å². The number of hydrogen-bond donors (Lipinski definition) is 1. The van der Waals surface area contributed by atoms with Gasteiger partial charge in [0.25, 0.3) is 5.91 Å². The zero-order chi connectivity index (χ0) is 18.0. The zero-order valence-electron chi connectivity index (χ0n) is 14.3. The summed E-state index contributed by atoms with van der Waals surface area (Å²) in [6.07, 6.45) is 1.14. The van der Waals surface area contributed by atoms with E-state index >= 15 is 0 Å². The van der Waals surface area contributed by atoms with Gasteiger partial charge in [0.15, 0.2) is 0 Å². The molecular weight excluding hydrogens is 336 g/mol. The Bertz CT molecular complexity index is 763. The highest BCUT2D eigenvalue weighted by atomic mass is 32.1. The van der Waals surface area contributed by atoms with Gasteiger partial charge in [0, 0.05) is 30.0 Å². The number of piperidine rings is 1. The molecule has 3 rings (SSSR count). The van der Waals surface area contributed by atoms with Gasteiger partial charge in [0.1, 0.15) is 0 Å². The maximum Gasteiger partial charge on any atom is 0.265 e. The molecule has 0 aliphatic carbocycles. The zero-order valence-corrected chi connectivity index (χ0v) is 15.1. The number of carbonyl (C=O) groups is 2. The summed E-state index contributed by atoms with van der Waals surface area (Å²) in [5.74, 6) is -0.450. The summed E-state index contributed by atoms with van der Waals surface area (Å²) >= 11 is 1.34. The van der Waals surface area contributed by atoms with Crippen LogP contribution in [0.1, 0.15) is 40.3 Å². The third-order valence-electron chi connectivity index (χ3n) is 4.43. The quantitative estimate of drug-likeness (QED) is 0.913. The predicted octanol–water partition coefficient (Wildman–Crippen LogP) is 2.85. The van der Waals surface area contributed by atoms with Gasteiger partial charge in [-0.3, -0.25) is 4.79 Å². The number of nitrogens with zero attached hydrogens (tertiary/aromatic N) is 1. The van der Waals surface area contributed by atoms with E-state index in [-0.39, 0.29) is 11.5 Å². The van der Waals surface area contributed by atoms with Crippen molar-refractivity contribution >= 4 is 34.6 Å². The summed E-state index contributed by atoms with van der Waals surface area (Å²) in [6.45, 7) is 6.00. The van der Waals surface area contributed by atoms with E-state index in [1.807, 2.05) is 5.38 Å². The van der Waals surface area contributed by atoms with E-state index in [9.17, 15) is 14.7 Å². The number of carboxylic acid groups (broad SMARTS) is 1. The number of hydrogen-bond acceptors (Lipinski definition) is 5. The Kier molecular flexibility index (Phi) is 5.08. The molecule has 0 radical (unpaired) electrons. The lowest BCUT2D eigenvalue weighted by Gasteiger charge is -2.37. The Morgan fingerprint density at radius 3 is 2.52 bits per heavy atom. The molecule has 1 fully saturated rings. The van der Waals surface area contributed by atoms with E-state index in [1.165, 1.54) is 17.4 Å². The average molecular weight is 357 g/mol. The van der Waals surface area contributed by atoms with E-state index in [0.717, 1.165) is 19.5 Å². The molecule has 0 unspecified atom stereocenters. The first-order chi connectivity index (χ1) is 11.9. The van der Waals surface area contributed by atoms with Crippen LogP contribution in [-0.2, 0) is 0 Å². The summed E-state index contributed by atoms with van der Waals surface area (Å²) < 4.78 is 0. The second-order valence-corrected chi connectivity index (χ2v) is 7.75. The molecule has 1 amide bonds. The van der Waals surface area contributed by atoms with Gasteiger partial charge in [0.05, 0.1) is 10.8 Å². The lowest BCUT2D eigenvalue weighted by atomic mass is 9.91. The Balaban J connectivity index is 1.85. The molecule has 0 saturated carbocycles. The second-order valence-electron chi connectivity index (χ2n) is 6.80. The summed E-state index contributed by atoms with van der Waals surface area (Å²) in [5, 5.41) is 16.2. The van der Waals surface area contributed by atoms with E-state index in [0.29, 0.717) is 28.1 Å². The normalized spacial score (nSPS) is 20.3. The van der Waals surface area contributed by atoms with Crippen molar-refractivity contribution in [3.8, 4) is 0 Å². The molecule has 0 bridgehead atoms. The molecule has 25 heavy (non-hydrogen) atoms. The van der Waals surface area contributed by atoms with Gasteiger partial charge in [-0.1, -0.05) is 19.9 Å². The number of carboxylic acids is 1. The molecule has 1 saturated heterocycles. The molecule has 2 aromatic rings. The van der Waals surface area contributed by atoms with Crippen molar-refractivity contribution in [1.29, 1.82) is 0 Å². The van der Waals surface area contributed by atoms with Crippen LogP contribution in [-0.4, -0.2) is 25.0 Å². The molecular formula is C19H21N2O3S-. The Morgan fingerprint density at radius 1 is 1.20 bits per heavy atom. The molecule has 1 aromatic heterocycles. The second kappa shape index (κ2) is 7.27. The van der Waals surface area contributed by atoms with E-state index in [1.54, 1.807) is 24.3 Å². The highest BCUT2D eigenvalue weighted by Gasteiger charge is 2.24. The van der Waals surface area contributed by atoms with Crippen molar-refractivity contribution in [2.24, 2.45) is 11.8 Å². The van der Waals surface area contributed by atoms with Crippen LogP contribution in [0.25, 0.3) is 0 Å². The van der Waals surface area contributed by atoms with Gasteiger partial charge >= 0.3 is 0 Å². The number of anilines is 2. The van der Waals surface area contributed by atoms with Gasteiger partial charge in [-0.2, -0.15) is 0 Å². The fourth-order valence-electron chi connectivity index (χ4n) is 3.51. The van der Waals surface area contributed by atoms with E-state index in [4.69, 9.17) is 0 Å². The highest BCUT2D eigenvalue weighted by Crippen LogP contribution is 2.30. The van der Waals surface area contributed by atoms with Crippen LogP contribution in [0.5, 0.6) is 0 Å². The smallest absolute Gasteiger partial charge is 0.265 e. The number of thiophene rings is 1. The SMILES string of the molecule is C[C@@H]1C[C@H](C)CN(c2ccc(NC(=O)c3cccs3)cc2C(=O)[O-])C1. The van der Waals surface area contributed by atoms with Crippen LogP contribution >= 0.6 is 11.3 Å². The maximum absolute atomic E-state index is 12.2. The minimum Gasteiger partial charge on any atom is -0.545 e. The first-order valence-corrected chi connectivity index (χ1v) is 9.27. The Hall–Kier alpha value is -2.34. The first kappa shape index (κ1) is 17.5. The first-order valence-electron chi connectivity index (χ1n) is 8.39. The van der Waals surface area contributed by atoms with Crippen molar-refractivity contribution in [3.63, 3.8) is 0 Å². The van der Waals surface area contributed by atoms with E-state index < -0.39 is 5.97 Å². The topological polar surface area (TPSA) is 72.5 Å². The molecule has 1 aliphatic heterocycles. The van der Waals surface area contributed by atoms with Crippen LogP contribution < -0.4 is 15.3 Å². The number of benzene rings is 1. The molecule has 0 spiro atoms.